The Morgan fingerprint density at radius 1 is 1.88 bits per heavy atom. The van der Waals surface area contributed by atoms with Crippen molar-refractivity contribution in [1.82, 2.24) is 9.73 Å². The minimum absolute atomic E-state index is 0.256. The van der Waals surface area contributed by atoms with Gasteiger partial charge in [-0.25, -0.2) is 5.10 Å². The predicted molar refractivity (Wildman–Crippen MR) is 64.0 cm³/mol. The monoisotopic (exact) mass is 243 g/mol. The van der Waals surface area contributed by atoms with Gasteiger partial charge in [0.2, 0.25) is 5.70 Å². The van der Waals surface area contributed by atoms with Gasteiger partial charge in [0.15, 0.2) is 0 Å². The van der Waals surface area contributed by atoms with Gasteiger partial charge in [-0.05, 0) is 26.0 Å². The summed E-state index contributed by atoms with van der Waals surface area (Å²) in [7, 11) is 1.79. The second-order valence-electron chi connectivity index (χ2n) is 3.62. The number of hydrazone groups is 1. The van der Waals surface area contributed by atoms with Crippen LogP contribution in [0.4, 0.5) is 0 Å². The summed E-state index contributed by atoms with van der Waals surface area (Å²) in [6, 6.07) is 0. The number of nitro groups is 1. The average Bonchev–Trinajstić information content (AvgIpc) is 2.27. The van der Waals surface area contributed by atoms with Crippen molar-refractivity contribution in [1.29, 1.82) is 0 Å². The van der Waals surface area contributed by atoms with Crippen LogP contribution in [-0.2, 0) is 12.8 Å². The van der Waals surface area contributed by atoms with Gasteiger partial charge in [0.25, 0.3) is 0 Å². The van der Waals surface area contributed by atoms with Crippen LogP contribution in [0.3, 0.4) is 0 Å². The summed E-state index contributed by atoms with van der Waals surface area (Å²) in [5.41, 5.74) is 0.315. The molecule has 1 atom stereocenters. The topological polar surface area (TPSA) is 70.8 Å². The molecule has 0 fully saturated rings. The molecule has 0 aliphatic heterocycles. The third kappa shape index (κ3) is 4.19. The molecule has 0 heterocycles. The predicted octanol–water partition coefficient (Wildman–Crippen LogP) is 0.874. The quantitative estimate of drug-likeness (QED) is 0.255. The smallest absolute Gasteiger partial charge is 0.242 e. The molecule has 0 saturated carbocycles. The molecule has 0 amide bonds. The second-order valence-corrected chi connectivity index (χ2v) is 4.04. The van der Waals surface area contributed by atoms with Crippen LogP contribution in [0.2, 0.25) is 0 Å². The second kappa shape index (κ2) is 6.49. The van der Waals surface area contributed by atoms with Crippen LogP contribution in [0.1, 0.15) is 19.3 Å². The number of nitrogens with one attached hydrogen (secondary N) is 1. The summed E-state index contributed by atoms with van der Waals surface area (Å²) in [5, 5.41) is 17.4. The highest BCUT2D eigenvalue weighted by atomic mass is 32.1. The maximum absolute atomic E-state index is 10.5. The first-order valence-corrected chi connectivity index (χ1v) is 5.46. The largest absolute Gasteiger partial charge is 0.643 e. The molecule has 16 heavy (non-hydrogen) atoms. The molecule has 0 aromatic carbocycles. The molecule has 0 saturated heterocycles. The van der Waals surface area contributed by atoms with Crippen LogP contribution in [0, 0.1) is 16.0 Å². The van der Waals surface area contributed by atoms with Crippen molar-refractivity contribution < 1.29 is 4.92 Å². The van der Waals surface area contributed by atoms with Crippen molar-refractivity contribution in [2.24, 2.45) is 11.0 Å². The highest BCUT2D eigenvalue weighted by Crippen LogP contribution is 2.22. The molecule has 1 aliphatic rings. The fourth-order valence-electron chi connectivity index (χ4n) is 1.49. The Bertz CT molecular complexity index is 306. The standard InChI is InChI=1S/C9H15N4O2S/c1-10-7-12(16)11-6-8-2-4-9(5-3-8)13(14)15/h4,6,8,10H,2-3,5,7H2,1H3/q-1/b11-6+. The Balaban J connectivity index is 2.40. The average molecular weight is 243 g/mol. The summed E-state index contributed by atoms with van der Waals surface area (Å²) in [5.74, 6) is 0.256. The van der Waals surface area contributed by atoms with Gasteiger partial charge >= 0.3 is 0 Å². The Morgan fingerprint density at radius 3 is 3.12 bits per heavy atom. The third-order valence-electron chi connectivity index (χ3n) is 2.36. The highest BCUT2D eigenvalue weighted by Gasteiger charge is 2.19. The molecule has 0 bridgehead atoms. The molecule has 90 valence electrons. The summed E-state index contributed by atoms with van der Waals surface area (Å²) >= 11 is 4.92. The number of nitrogens with zero attached hydrogens (tertiary/aromatic N) is 3. The molecule has 6 nitrogen and oxygen atoms in total. The van der Waals surface area contributed by atoms with E-state index < -0.39 is 0 Å². The maximum Gasteiger partial charge on any atom is 0.242 e. The Hall–Kier alpha value is -1.08. The lowest BCUT2D eigenvalue weighted by Gasteiger charge is -2.25. The first kappa shape index (κ1) is 13.0. The number of allylic oxidation sites excluding steroid dienone is 2. The molecular formula is C9H15N4O2S-. The van der Waals surface area contributed by atoms with Crippen molar-refractivity contribution in [3.63, 3.8) is 0 Å². The van der Waals surface area contributed by atoms with E-state index in [-0.39, 0.29) is 10.8 Å². The molecule has 0 aromatic rings. The lowest BCUT2D eigenvalue weighted by Crippen LogP contribution is -2.23. The van der Waals surface area contributed by atoms with Crippen LogP contribution < -0.4 is 5.32 Å². The van der Waals surface area contributed by atoms with Crippen molar-refractivity contribution in [2.45, 2.75) is 19.3 Å². The summed E-state index contributed by atoms with van der Waals surface area (Å²) in [6.07, 6.45) is 5.39. The molecule has 7 heteroatoms. The fraction of sp³-hybridized carbons (Fsp3) is 0.667. The molecule has 0 aromatic heterocycles. The zero-order valence-corrected chi connectivity index (χ0v) is 9.94. The lowest BCUT2D eigenvalue weighted by molar-refractivity contribution is -0.429. The van der Waals surface area contributed by atoms with Crippen LogP contribution in [0.5, 0.6) is 0 Å². The summed E-state index contributed by atoms with van der Waals surface area (Å²) in [6.45, 7) is 0.508. The minimum Gasteiger partial charge on any atom is -0.643 e. The van der Waals surface area contributed by atoms with E-state index in [2.05, 4.69) is 10.4 Å². The lowest BCUT2D eigenvalue weighted by atomic mass is 9.94. The van der Waals surface area contributed by atoms with Gasteiger partial charge in [-0.3, -0.25) is 10.1 Å². The van der Waals surface area contributed by atoms with Crippen molar-refractivity contribution in [3.05, 3.63) is 21.9 Å². The number of hydrogen-bond donors (Lipinski definition) is 1. The zero-order valence-electron chi connectivity index (χ0n) is 9.13. The minimum atomic E-state index is -0.312. The van der Waals surface area contributed by atoms with Crippen LogP contribution in [0.15, 0.2) is 16.9 Å². The molecule has 1 aliphatic carbocycles. The molecule has 0 spiro atoms. The molecule has 1 unspecified atom stereocenters. The van der Waals surface area contributed by atoms with Crippen LogP contribution in [-0.4, -0.2) is 29.3 Å². The van der Waals surface area contributed by atoms with Crippen molar-refractivity contribution in [3.8, 4) is 0 Å². The highest BCUT2D eigenvalue weighted by molar-refractivity contribution is 7.55. The Kier molecular flexibility index (Phi) is 5.27. The van der Waals surface area contributed by atoms with E-state index in [1.165, 1.54) is 4.41 Å². The van der Waals surface area contributed by atoms with Gasteiger partial charge in [-0.15, -0.1) is 0 Å². The van der Waals surface area contributed by atoms with Gasteiger partial charge in [0.05, 0.1) is 11.6 Å². The fourth-order valence-corrected chi connectivity index (χ4v) is 1.67. The number of hydrogen-bond acceptors (Lipinski definition) is 6. The molecule has 1 rings (SSSR count). The van der Waals surface area contributed by atoms with E-state index >= 15 is 0 Å². The van der Waals surface area contributed by atoms with Gasteiger partial charge in [0, 0.05) is 18.6 Å². The van der Waals surface area contributed by atoms with E-state index in [1.807, 2.05) is 0 Å². The number of rotatable bonds is 5. The first-order chi connectivity index (χ1) is 7.63. The van der Waals surface area contributed by atoms with Gasteiger partial charge < -0.3 is 22.5 Å². The van der Waals surface area contributed by atoms with Crippen LogP contribution in [0.25, 0.3) is 0 Å². The summed E-state index contributed by atoms with van der Waals surface area (Å²) in [4.78, 5) is 10.2. The van der Waals surface area contributed by atoms with E-state index in [9.17, 15) is 10.1 Å². The normalized spacial score (nSPS) is 20.9. The first-order valence-electron chi connectivity index (χ1n) is 5.10. The van der Waals surface area contributed by atoms with Gasteiger partial charge in [-0.1, -0.05) is 0 Å². The maximum atomic E-state index is 10.5. The Morgan fingerprint density at radius 2 is 2.62 bits per heavy atom. The van der Waals surface area contributed by atoms with E-state index in [0.29, 0.717) is 25.2 Å². The van der Waals surface area contributed by atoms with E-state index in [4.69, 9.17) is 12.8 Å². The third-order valence-corrected chi connectivity index (χ3v) is 2.59. The molecule has 1 N–H and O–H groups in total. The van der Waals surface area contributed by atoms with Crippen molar-refractivity contribution in [2.75, 3.05) is 13.7 Å². The van der Waals surface area contributed by atoms with E-state index in [1.54, 1.807) is 19.3 Å². The zero-order chi connectivity index (χ0) is 12.0. The van der Waals surface area contributed by atoms with Crippen LogP contribution >= 0.6 is 0 Å². The van der Waals surface area contributed by atoms with Gasteiger partial charge in [0.1, 0.15) is 0 Å². The van der Waals surface area contributed by atoms with Gasteiger partial charge in [-0.2, -0.15) is 0 Å². The SMILES string of the molecule is CNCN([S-])/N=C/C1CC=C([N+](=O)[O-])CC1. The summed E-state index contributed by atoms with van der Waals surface area (Å²) < 4.78 is 1.38. The van der Waals surface area contributed by atoms with E-state index in [0.717, 1.165) is 6.42 Å². The molecular weight excluding hydrogens is 228 g/mol. The molecule has 0 radical (unpaired) electrons. The Labute approximate surface area is 100 Å². The van der Waals surface area contributed by atoms with Crippen molar-refractivity contribution >= 4 is 19.0 Å².